The van der Waals surface area contributed by atoms with Crippen molar-refractivity contribution in [1.82, 2.24) is 0 Å². The molecule has 0 spiro atoms. The van der Waals surface area contributed by atoms with Crippen LogP contribution in [0.3, 0.4) is 0 Å². The molecule has 0 bridgehead atoms. The van der Waals surface area contributed by atoms with Gasteiger partial charge >= 0.3 is 0 Å². The molecule has 0 radical (unpaired) electrons. The van der Waals surface area contributed by atoms with Gasteiger partial charge in [-0.2, -0.15) is 0 Å². The van der Waals surface area contributed by atoms with Crippen LogP contribution >= 0.6 is 11.6 Å². The Kier molecular flexibility index (Phi) is 2.60. The maximum Gasteiger partial charge on any atom is 0.150 e. The van der Waals surface area contributed by atoms with Gasteiger partial charge in [0.2, 0.25) is 0 Å². The van der Waals surface area contributed by atoms with E-state index in [1.54, 1.807) is 19.2 Å². The first kappa shape index (κ1) is 8.21. The minimum absolute atomic E-state index is 0.127. The van der Waals surface area contributed by atoms with Gasteiger partial charge < -0.3 is 0 Å². The first-order valence-corrected chi connectivity index (χ1v) is 3.49. The number of rotatable bonds is 1. The van der Waals surface area contributed by atoms with Crippen LogP contribution in [0.25, 0.3) is 0 Å². The third kappa shape index (κ3) is 1.77. The van der Waals surface area contributed by atoms with Gasteiger partial charge in [-0.1, -0.05) is 23.7 Å². The van der Waals surface area contributed by atoms with E-state index in [0.717, 1.165) is 0 Å². The van der Waals surface area contributed by atoms with E-state index in [1.807, 2.05) is 0 Å². The second-order valence-corrected chi connectivity index (χ2v) is 2.44. The van der Waals surface area contributed by atoms with E-state index < -0.39 is 5.82 Å². The van der Waals surface area contributed by atoms with Gasteiger partial charge in [0.05, 0.1) is 5.02 Å². The quantitative estimate of drug-likeness (QED) is 0.576. The molecule has 0 aliphatic carbocycles. The SMILES string of the molecule is C/N=C/c1cccc(Cl)c1F. The molecule has 1 nitrogen and oxygen atoms in total. The molecule has 0 amide bonds. The average Bonchev–Trinajstić information content (AvgIpc) is 1.99. The normalized spacial score (nSPS) is 10.8. The van der Waals surface area contributed by atoms with E-state index in [2.05, 4.69) is 4.99 Å². The molecule has 58 valence electrons. The van der Waals surface area contributed by atoms with Crippen molar-refractivity contribution in [1.29, 1.82) is 0 Å². The summed E-state index contributed by atoms with van der Waals surface area (Å²) in [5.41, 5.74) is 0.417. The van der Waals surface area contributed by atoms with Crippen molar-refractivity contribution in [2.24, 2.45) is 4.99 Å². The van der Waals surface area contributed by atoms with Gasteiger partial charge in [0.1, 0.15) is 0 Å². The van der Waals surface area contributed by atoms with Gasteiger partial charge in [0.25, 0.3) is 0 Å². The second-order valence-electron chi connectivity index (χ2n) is 2.03. The van der Waals surface area contributed by atoms with Crippen molar-refractivity contribution in [2.75, 3.05) is 7.05 Å². The monoisotopic (exact) mass is 171 g/mol. The Bertz CT molecular complexity index is 283. The maximum absolute atomic E-state index is 13.0. The molecule has 1 aromatic carbocycles. The molecule has 11 heavy (non-hydrogen) atoms. The Hall–Kier alpha value is -0.890. The van der Waals surface area contributed by atoms with Crippen LogP contribution in [0, 0.1) is 5.82 Å². The predicted octanol–water partition coefficient (Wildman–Crippen LogP) is 2.53. The summed E-state index contributed by atoms with van der Waals surface area (Å²) in [4.78, 5) is 3.68. The molecule has 0 heterocycles. The summed E-state index contributed by atoms with van der Waals surface area (Å²) in [6, 6.07) is 4.81. The number of aliphatic imine (C=N–C) groups is 1. The van der Waals surface area contributed by atoms with Gasteiger partial charge in [0.15, 0.2) is 5.82 Å². The number of hydrogen-bond acceptors (Lipinski definition) is 1. The Morgan fingerprint density at radius 2 is 2.27 bits per heavy atom. The van der Waals surface area contributed by atoms with Crippen molar-refractivity contribution in [2.45, 2.75) is 0 Å². The third-order valence-electron chi connectivity index (χ3n) is 1.25. The first-order valence-electron chi connectivity index (χ1n) is 3.12. The van der Waals surface area contributed by atoms with Crippen molar-refractivity contribution in [3.05, 3.63) is 34.6 Å². The lowest BCUT2D eigenvalue weighted by Gasteiger charge is -1.96. The third-order valence-corrected chi connectivity index (χ3v) is 1.54. The van der Waals surface area contributed by atoms with Gasteiger partial charge in [-0.3, -0.25) is 4.99 Å². The lowest BCUT2D eigenvalue weighted by atomic mass is 10.2. The van der Waals surface area contributed by atoms with Crippen molar-refractivity contribution < 1.29 is 4.39 Å². The summed E-state index contributed by atoms with van der Waals surface area (Å²) in [5, 5.41) is 0.127. The Morgan fingerprint density at radius 1 is 1.55 bits per heavy atom. The van der Waals surface area contributed by atoms with Crippen LogP contribution in [0.2, 0.25) is 5.02 Å². The van der Waals surface area contributed by atoms with Crippen molar-refractivity contribution in [3.63, 3.8) is 0 Å². The van der Waals surface area contributed by atoms with Gasteiger partial charge in [-0.15, -0.1) is 0 Å². The summed E-state index contributed by atoms with van der Waals surface area (Å²) in [5.74, 6) is -0.417. The van der Waals surface area contributed by atoms with Gasteiger partial charge in [-0.25, -0.2) is 4.39 Å². The summed E-state index contributed by atoms with van der Waals surface area (Å²) in [6.45, 7) is 0. The van der Waals surface area contributed by atoms with Gasteiger partial charge in [-0.05, 0) is 6.07 Å². The zero-order chi connectivity index (χ0) is 8.27. The van der Waals surface area contributed by atoms with Crippen LogP contribution < -0.4 is 0 Å². The molecule has 1 aromatic rings. The lowest BCUT2D eigenvalue weighted by Crippen LogP contribution is -1.87. The molecule has 3 heteroatoms. The molecule has 0 aromatic heterocycles. The summed E-state index contributed by atoms with van der Waals surface area (Å²) < 4.78 is 13.0. The lowest BCUT2D eigenvalue weighted by molar-refractivity contribution is 0.626. The standard InChI is InChI=1S/C8H7ClFN/c1-11-5-6-3-2-4-7(9)8(6)10/h2-5H,1H3/b11-5+. The molecule has 0 saturated heterocycles. The first-order chi connectivity index (χ1) is 5.25. The highest BCUT2D eigenvalue weighted by Gasteiger charge is 2.01. The molecule has 0 aliphatic rings. The van der Waals surface area contributed by atoms with Crippen LogP contribution in [0.4, 0.5) is 4.39 Å². The molecule has 1 rings (SSSR count). The Labute approximate surface area is 69.5 Å². The number of halogens is 2. The summed E-state index contributed by atoms with van der Waals surface area (Å²) in [7, 11) is 1.58. The Morgan fingerprint density at radius 3 is 2.91 bits per heavy atom. The predicted molar refractivity (Wildman–Crippen MR) is 44.9 cm³/mol. The highest BCUT2D eigenvalue weighted by Crippen LogP contribution is 2.15. The summed E-state index contributed by atoms with van der Waals surface area (Å²) >= 11 is 5.51. The van der Waals surface area contributed by atoms with Crippen LogP contribution in [-0.4, -0.2) is 13.3 Å². The second kappa shape index (κ2) is 3.49. The number of benzene rings is 1. The smallest absolute Gasteiger partial charge is 0.150 e. The van der Waals surface area contributed by atoms with E-state index in [-0.39, 0.29) is 5.02 Å². The highest BCUT2D eigenvalue weighted by molar-refractivity contribution is 6.31. The largest absolute Gasteiger partial charge is 0.296 e. The molecule has 0 saturated carbocycles. The minimum Gasteiger partial charge on any atom is -0.296 e. The summed E-state index contributed by atoms with van der Waals surface area (Å²) in [6.07, 6.45) is 1.43. The van der Waals surface area contributed by atoms with E-state index in [4.69, 9.17) is 11.6 Å². The molecule has 0 atom stereocenters. The van der Waals surface area contributed by atoms with Crippen LogP contribution in [-0.2, 0) is 0 Å². The number of nitrogens with zero attached hydrogens (tertiary/aromatic N) is 1. The number of hydrogen-bond donors (Lipinski definition) is 0. The van der Waals surface area contributed by atoms with E-state index in [9.17, 15) is 4.39 Å². The topological polar surface area (TPSA) is 12.4 Å². The van der Waals surface area contributed by atoms with E-state index in [0.29, 0.717) is 5.56 Å². The fourth-order valence-corrected chi connectivity index (χ4v) is 0.941. The van der Waals surface area contributed by atoms with Crippen LogP contribution in [0.1, 0.15) is 5.56 Å². The van der Waals surface area contributed by atoms with Gasteiger partial charge in [0, 0.05) is 18.8 Å². The fraction of sp³-hybridized carbons (Fsp3) is 0.125. The zero-order valence-corrected chi connectivity index (χ0v) is 6.77. The fourth-order valence-electron chi connectivity index (χ4n) is 0.759. The molecule has 0 unspecified atom stereocenters. The van der Waals surface area contributed by atoms with Crippen molar-refractivity contribution in [3.8, 4) is 0 Å². The molecule has 0 aliphatic heterocycles. The maximum atomic E-state index is 13.0. The molecule has 0 N–H and O–H groups in total. The molecular weight excluding hydrogens is 165 g/mol. The van der Waals surface area contributed by atoms with Crippen LogP contribution in [0.15, 0.2) is 23.2 Å². The molecule has 0 fully saturated rings. The molecular formula is C8H7ClFN. The Balaban J connectivity index is 3.16. The van der Waals surface area contributed by atoms with E-state index in [1.165, 1.54) is 12.3 Å². The van der Waals surface area contributed by atoms with E-state index >= 15 is 0 Å². The van der Waals surface area contributed by atoms with Crippen LogP contribution in [0.5, 0.6) is 0 Å². The average molecular weight is 172 g/mol. The highest BCUT2D eigenvalue weighted by atomic mass is 35.5. The zero-order valence-electron chi connectivity index (χ0n) is 6.01. The van der Waals surface area contributed by atoms with Crippen molar-refractivity contribution >= 4 is 17.8 Å². The minimum atomic E-state index is -0.417.